The number of ether oxygens (including phenoxy) is 3. The standard InChI is InChI=1S/C19H27N3O4.HI/c1-3-24-18(23)15-7-10-22(11-8-15)19(20-2)21-9-6-14-4-5-16-17(12-14)26-13-25-16;/h4-5,12,15H,3,6-11,13H2,1-2H3,(H,20,21);1H. The Morgan fingerprint density at radius 1 is 1.30 bits per heavy atom. The first-order chi connectivity index (χ1) is 12.7. The fraction of sp³-hybridized carbons (Fsp3) is 0.579. The molecule has 0 saturated carbocycles. The van der Waals surface area contributed by atoms with Gasteiger partial charge in [0.25, 0.3) is 0 Å². The molecule has 0 atom stereocenters. The average molecular weight is 489 g/mol. The number of benzene rings is 1. The Morgan fingerprint density at radius 3 is 2.74 bits per heavy atom. The molecule has 3 rings (SSSR count). The van der Waals surface area contributed by atoms with Gasteiger partial charge in [-0.05, 0) is 43.9 Å². The van der Waals surface area contributed by atoms with Gasteiger partial charge in [-0.15, -0.1) is 24.0 Å². The van der Waals surface area contributed by atoms with Crippen LogP contribution in [-0.2, 0) is 16.0 Å². The van der Waals surface area contributed by atoms with Gasteiger partial charge in [-0.2, -0.15) is 0 Å². The maximum atomic E-state index is 11.8. The molecule has 1 aromatic carbocycles. The molecule has 2 aliphatic rings. The summed E-state index contributed by atoms with van der Waals surface area (Å²) in [5, 5.41) is 3.41. The molecule has 0 amide bonds. The van der Waals surface area contributed by atoms with Crippen LogP contribution in [0, 0.1) is 5.92 Å². The lowest BCUT2D eigenvalue weighted by atomic mass is 9.97. The van der Waals surface area contributed by atoms with Crippen molar-refractivity contribution < 1.29 is 19.0 Å². The van der Waals surface area contributed by atoms with Gasteiger partial charge >= 0.3 is 5.97 Å². The van der Waals surface area contributed by atoms with E-state index in [4.69, 9.17) is 14.2 Å². The van der Waals surface area contributed by atoms with E-state index in [9.17, 15) is 4.79 Å². The highest BCUT2D eigenvalue weighted by molar-refractivity contribution is 14.0. The molecule has 27 heavy (non-hydrogen) atoms. The van der Waals surface area contributed by atoms with Crippen molar-refractivity contribution in [1.29, 1.82) is 0 Å². The highest BCUT2D eigenvalue weighted by Gasteiger charge is 2.27. The van der Waals surface area contributed by atoms with Crippen molar-refractivity contribution >= 4 is 35.9 Å². The number of nitrogens with one attached hydrogen (secondary N) is 1. The zero-order valence-corrected chi connectivity index (χ0v) is 18.2. The Balaban J connectivity index is 0.00000261. The number of fused-ring (bicyclic) bond motifs is 1. The number of likely N-dealkylation sites (tertiary alicyclic amines) is 1. The molecule has 7 nitrogen and oxygen atoms in total. The third kappa shape index (κ3) is 5.63. The largest absolute Gasteiger partial charge is 0.466 e. The molecule has 0 radical (unpaired) electrons. The first kappa shape index (κ1) is 21.6. The van der Waals surface area contributed by atoms with Gasteiger partial charge < -0.3 is 24.4 Å². The van der Waals surface area contributed by atoms with Crippen molar-refractivity contribution in [2.45, 2.75) is 26.2 Å². The van der Waals surface area contributed by atoms with E-state index in [-0.39, 0.29) is 35.9 Å². The molecule has 8 heteroatoms. The van der Waals surface area contributed by atoms with Crippen LogP contribution in [0.15, 0.2) is 23.2 Å². The van der Waals surface area contributed by atoms with Crippen LogP contribution in [0.2, 0.25) is 0 Å². The maximum Gasteiger partial charge on any atom is 0.309 e. The van der Waals surface area contributed by atoms with Crippen LogP contribution in [-0.4, -0.2) is 56.9 Å². The first-order valence-electron chi connectivity index (χ1n) is 9.22. The van der Waals surface area contributed by atoms with Gasteiger partial charge in [-0.25, -0.2) is 0 Å². The van der Waals surface area contributed by atoms with Crippen molar-refractivity contribution in [3.05, 3.63) is 23.8 Å². The number of piperidine rings is 1. The number of halogens is 1. The lowest BCUT2D eigenvalue weighted by Crippen LogP contribution is -2.47. The van der Waals surface area contributed by atoms with E-state index < -0.39 is 0 Å². The zero-order valence-electron chi connectivity index (χ0n) is 15.9. The van der Waals surface area contributed by atoms with Gasteiger partial charge in [-0.3, -0.25) is 9.79 Å². The fourth-order valence-corrected chi connectivity index (χ4v) is 3.33. The number of rotatable bonds is 5. The fourth-order valence-electron chi connectivity index (χ4n) is 3.33. The Hall–Kier alpha value is -1.71. The number of carbonyl (C=O) groups is 1. The molecule has 1 N–H and O–H groups in total. The minimum atomic E-state index is -0.0714. The number of guanidine groups is 1. The minimum Gasteiger partial charge on any atom is -0.466 e. The second-order valence-electron chi connectivity index (χ2n) is 6.42. The van der Waals surface area contributed by atoms with Crippen LogP contribution in [0.3, 0.4) is 0 Å². The molecule has 0 bridgehead atoms. The van der Waals surface area contributed by atoms with Gasteiger partial charge in [0, 0.05) is 26.7 Å². The molecule has 0 aromatic heterocycles. The van der Waals surface area contributed by atoms with Crippen LogP contribution < -0.4 is 14.8 Å². The summed E-state index contributed by atoms with van der Waals surface area (Å²) in [4.78, 5) is 18.4. The first-order valence-corrected chi connectivity index (χ1v) is 9.22. The van der Waals surface area contributed by atoms with Crippen LogP contribution in [0.1, 0.15) is 25.3 Å². The summed E-state index contributed by atoms with van der Waals surface area (Å²) in [5.74, 6) is 2.44. The second kappa shape index (κ2) is 10.6. The monoisotopic (exact) mass is 489 g/mol. The summed E-state index contributed by atoms with van der Waals surface area (Å²) in [6.45, 7) is 5.00. The molecule has 0 spiro atoms. The molecular formula is C19H28IN3O4. The molecule has 0 aliphatic carbocycles. The number of nitrogens with zero attached hydrogens (tertiary/aromatic N) is 2. The summed E-state index contributed by atoms with van der Waals surface area (Å²) in [6, 6.07) is 6.03. The smallest absolute Gasteiger partial charge is 0.309 e. The maximum absolute atomic E-state index is 11.8. The summed E-state index contributed by atoms with van der Waals surface area (Å²) < 4.78 is 15.9. The minimum absolute atomic E-state index is 0. The molecule has 1 fully saturated rings. The molecule has 2 aliphatic heterocycles. The molecule has 1 saturated heterocycles. The number of hydrogen-bond donors (Lipinski definition) is 1. The van der Waals surface area contributed by atoms with Gasteiger partial charge in [0.15, 0.2) is 17.5 Å². The van der Waals surface area contributed by atoms with E-state index in [2.05, 4.69) is 21.3 Å². The SMILES string of the molecule is CCOC(=O)C1CCN(C(=NC)NCCc2ccc3c(c2)OCO3)CC1.I. The topological polar surface area (TPSA) is 72.4 Å². The average Bonchev–Trinajstić information content (AvgIpc) is 3.13. The van der Waals surface area contributed by atoms with Crippen molar-refractivity contribution in [3.8, 4) is 11.5 Å². The number of aliphatic imine (C=N–C) groups is 1. The third-order valence-electron chi connectivity index (χ3n) is 4.76. The van der Waals surface area contributed by atoms with E-state index in [1.54, 1.807) is 7.05 Å². The van der Waals surface area contributed by atoms with E-state index in [1.165, 1.54) is 5.56 Å². The van der Waals surface area contributed by atoms with Crippen molar-refractivity contribution in [1.82, 2.24) is 10.2 Å². The van der Waals surface area contributed by atoms with Gasteiger partial charge in [0.2, 0.25) is 6.79 Å². The van der Waals surface area contributed by atoms with Crippen LogP contribution >= 0.6 is 24.0 Å². The second-order valence-corrected chi connectivity index (χ2v) is 6.42. The lowest BCUT2D eigenvalue weighted by molar-refractivity contribution is -0.149. The summed E-state index contributed by atoms with van der Waals surface area (Å²) in [5.41, 5.74) is 1.19. The Morgan fingerprint density at radius 2 is 2.04 bits per heavy atom. The predicted octanol–water partition coefficient (Wildman–Crippen LogP) is 2.43. The van der Waals surface area contributed by atoms with Gasteiger partial charge in [0.1, 0.15) is 0 Å². The van der Waals surface area contributed by atoms with E-state index in [0.29, 0.717) is 13.4 Å². The lowest BCUT2D eigenvalue weighted by Gasteiger charge is -2.33. The van der Waals surface area contributed by atoms with Crippen molar-refractivity contribution in [2.75, 3.05) is 40.1 Å². The molecule has 1 aromatic rings. The van der Waals surface area contributed by atoms with E-state index >= 15 is 0 Å². The Labute approximate surface area is 177 Å². The molecule has 2 heterocycles. The van der Waals surface area contributed by atoms with E-state index in [0.717, 1.165) is 56.4 Å². The molecule has 0 unspecified atom stereocenters. The number of hydrogen-bond acceptors (Lipinski definition) is 5. The van der Waals surface area contributed by atoms with E-state index in [1.807, 2.05) is 19.1 Å². The van der Waals surface area contributed by atoms with Crippen molar-refractivity contribution in [2.24, 2.45) is 10.9 Å². The normalized spacial score (nSPS) is 16.7. The zero-order chi connectivity index (χ0) is 18.4. The van der Waals surface area contributed by atoms with Crippen LogP contribution in [0.4, 0.5) is 0 Å². The highest BCUT2D eigenvalue weighted by Crippen LogP contribution is 2.32. The Kier molecular flexibility index (Phi) is 8.46. The van der Waals surface area contributed by atoms with Gasteiger partial charge in [0.05, 0.1) is 12.5 Å². The quantitative estimate of drug-likeness (QED) is 0.297. The number of carbonyl (C=O) groups excluding carboxylic acids is 1. The number of esters is 1. The third-order valence-corrected chi connectivity index (χ3v) is 4.76. The summed E-state index contributed by atoms with van der Waals surface area (Å²) >= 11 is 0. The predicted molar refractivity (Wildman–Crippen MR) is 114 cm³/mol. The highest BCUT2D eigenvalue weighted by atomic mass is 127. The molecular weight excluding hydrogens is 461 g/mol. The summed E-state index contributed by atoms with van der Waals surface area (Å²) in [6.07, 6.45) is 2.48. The van der Waals surface area contributed by atoms with Crippen molar-refractivity contribution in [3.63, 3.8) is 0 Å². The van der Waals surface area contributed by atoms with Gasteiger partial charge in [-0.1, -0.05) is 6.07 Å². The molecule has 150 valence electrons. The Bertz CT molecular complexity index is 660. The summed E-state index contributed by atoms with van der Waals surface area (Å²) in [7, 11) is 1.79. The van der Waals surface area contributed by atoms with Crippen LogP contribution in [0.25, 0.3) is 0 Å². The van der Waals surface area contributed by atoms with Crippen LogP contribution in [0.5, 0.6) is 11.5 Å².